The highest BCUT2D eigenvalue weighted by molar-refractivity contribution is 7.45. The van der Waals surface area contributed by atoms with E-state index >= 15 is 0 Å². The Morgan fingerprint density at radius 1 is 0.889 bits per heavy atom. The smallest absolute Gasteiger partial charge is 0.270 e. The van der Waals surface area contributed by atoms with Crippen LogP contribution in [0.5, 0.6) is 0 Å². The molecule has 2 rings (SSSR count). The molecule has 2 fully saturated rings. The first kappa shape index (κ1) is 31.7. The lowest BCUT2D eigenvalue weighted by molar-refractivity contribution is -0.354. The van der Waals surface area contributed by atoms with E-state index in [-0.39, 0.29) is 6.61 Å². The van der Waals surface area contributed by atoms with E-state index in [1.165, 1.54) is 6.92 Å². The van der Waals surface area contributed by atoms with Crippen molar-refractivity contribution in [2.45, 2.75) is 113 Å². The van der Waals surface area contributed by atoms with Crippen LogP contribution in [0.4, 0.5) is 0 Å². The first-order chi connectivity index (χ1) is 17.0. The van der Waals surface area contributed by atoms with Crippen LogP contribution in [0.3, 0.4) is 0 Å². The highest BCUT2D eigenvalue weighted by atomic mass is 31.2. The van der Waals surface area contributed by atoms with Crippen LogP contribution in [0, 0.1) is 0 Å². The van der Waals surface area contributed by atoms with Gasteiger partial charge in [-0.3, -0.25) is 9.09 Å². The molecule has 0 spiro atoms. The summed E-state index contributed by atoms with van der Waals surface area (Å²) in [5.74, 6) is 0. The highest BCUT2D eigenvalue weighted by Crippen LogP contribution is 2.43. The lowest BCUT2D eigenvalue weighted by atomic mass is 9.97. The van der Waals surface area contributed by atoms with Gasteiger partial charge in [-0.05, 0) is 26.2 Å². The number of phosphoric ester groups is 1. The van der Waals surface area contributed by atoms with Gasteiger partial charge in [0.05, 0.1) is 19.3 Å². The molecule has 0 radical (unpaired) electrons. The molecule has 0 saturated carbocycles. The molecule has 0 aromatic heterocycles. The molecule has 11 atom stereocenters. The van der Waals surface area contributed by atoms with Crippen LogP contribution in [0.25, 0.3) is 0 Å². The molecule has 0 aromatic carbocycles. The van der Waals surface area contributed by atoms with Crippen molar-refractivity contribution in [1.29, 1.82) is 0 Å². The predicted octanol–water partition coefficient (Wildman–Crippen LogP) is -0.944. The predicted molar refractivity (Wildman–Crippen MR) is 122 cm³/mol. The van der Waals surface area contributed by atoms with Gasteiger partial charge in [-0.15, -0.1) is 6.58 Å². The molecular formula is C22H40O13P-. The Balaban J connectivity index is 1.85. The van der Waals surface area contributed by atoms with Crippen molar-refractivity contribution in [3.63, 3.8) is 0 Å². The van der Waals surface area contributed by atoms with Crippen molar-refractivity contribution in [2.75, 3.05) is 13.2 Å². The maximum atomic E-state index is 12.2. The number of allylic oxidation sites excluding steroid dienone is 1. The molecule has 2 aliphatic rings. The van der Waals surface area contributed by atoms with Crippen molar-refractivity contribution in [3.8, 4) is 0 Å². The molecule has 2 saturated heterocycles. The molecule has 0 aromatic rings. The average Bonchev–Trinajstić information content (AvgIpc) is 2.84. The Morgan fingerprint density at radius 2 is 1.50 bits per heavy atom. The second-order valence-electron chi connectivity index (χ2n) is 9.07. The second-order valence-corrected chi connectivity index (χ2v) is 10.4. The maximum absolute atomic E-state index is 12.2. The van der Waals surface area contributed by atoms with Crippen LogP contribution in [0.1, 0.15) is 51.9 Å². The fourth-order valence-corrected chi connectivity index (χ4v) is 4.86. The zero-order chi connectivity index (χ0) is 26.9. The molecule has 6 N–H and O–H groups in total. The third kappa shape index (κ3) is 9.05. The Bertz CT molecular complexity index is 695. The summed E-state index contributed by atoms with van der Waals surface area (Å²) < 4.78 is 37.9. The van der Waals surface area contributed by atoms with Gasteiger partial charge < -0.3 is 54.3 Å². The molecule has 0 bridgehead atoms. The van der Waals surface area contributed by atoms with E-state index in [4.69, 9.17) is 23.3 Å². The number of aliphatic hydroxyl groups excluding tert-OH is 6. The summed E-state index contributed by atoms with van der Waals surface area (Å²) in [5, 5.41) is 60.4. The summed E-state index contributed by atoms with van der Waals surface area (Å²) in [4.78, 5) is 12.2. The SMILES string of the molecule is C=CCCCCCCCCOP(=O)([O-])O[C@H]1O[C@H](CO)[C@@H](O[C@H]2O[C@H](C)[C@H](O)[C@H](O)[C@H]2O)[C@H](O)[C@@H]1O. The monoisotopic (exact) mass is 543 g/mol. The second kappa shape index (κ2) is 15.2. The molecule has 14 heteroatoms. The van der Waals surface area contributed by atoms with Gasteiger partial charge >= 0.3 is 0 Å². The van der Waals surface area contributed by atoms with Gasteiger partial charge in [0.1, 0.15) is 42.7 Å². The largest absolute Gasteiger partial charge is 0.756 e. The lowest BCUT2D eigenvalue weighted by Crippen LogP contribution is -2.64. The van der Waals surface area contributed by atoms with Gasteiger partial charge in [0, 0.05) is 0 Å². The standard InChI is InChI=1S/C22H41O13P/c1-3-4-5-6-7-8-9-10-11-31-36(29,30)35-22-19(28)17(26)20(14(12-23)33-22)34-21-18(27)16(25)15(24)13(2)32-21/h3,13-28H,1,4-12H2,2H3,(H,29,30)/p-1/t13-,14-,15+,16+,17-,18-,19+,20-,21-,22-/m1/s1. The third-order valence-corrected chi connectivity index (χ3v) is 7.17. The fraction of sp³-hybridized carbons (Fsp3) is 0.909. The minimum Gasteiger partial charge on any atom is -0.756 e. The normalized spacial score (nSPS) is 39.0. The van der Waals surface area contributed by atoms with Crippen molar-refractivity contribution < 1.29 is 63.4 Å². The molecule has 212 valence electrons. The molecule has 1 unspecified atom stereocenters. The van der Waals surface area contributed by atoms with E-state index in [2.05, 4.69) is 6.58 Å². The van der Waals surface area contributed by atoms with E-state index < -0.39 is 75.8 Å². The Labute approximate surface area is 210 Å². The molecule has 2 aliphatic heterocycles. The minimum absolute atomic E-state index is 0.128. The van der Waals surface area contributed by atoms with Crippen LogP contribution in [-0.2, 0) is 27.8 Å². The van der Waals surface area contributed by atoms with E-state index in [9.17, 15) is 40.1 Å². The summed E-state index contributed by atoms with van der Waals surface area (Å²) in [7, 11) is -4.93. The third-order valence-electron chi connectivity index (χ3n) is 6.21. The number of ether oxygens (including phenoxy) is 3. The van der Waals surface area contributed by atoms with Crippen LogP contribution < -0.4 is 4.89 Å². The average molecular weight is 544 g/mol. The van der Waals surface area contributed by atoms with E-state index in [0.29, 0.717) is 6.42 Å². The van der Waals surface area contributed by atoms with Crippen LogP contribution in [0.15, 0.2) is 12.7 Å². The number of phosphoric acid groups is 1. The van der Waals surface area contributed by atoms with Crippen LogP contribution >= 0.6 is 7.82 Å². The van der Waals surface area contributed by atoms with Crippen molar-refractivity contribution in [2.24, 2.45) is 0 Å². The number of aliphatic hydroxyl groups is 6. The first-order valence-electron chi connectivity index (χ1n) is 12.2. The van der Waals surface area contributed by atoms with Crippen molar-refractivity contribution >= 4 is 7.82 Å². The summed E-state index contributed by atoms with van der Waals surface area (Å²) in [5.41, 5.74) is 0. The number of rotatable bonds is 15. The van der Waals surface area contributed by atoms with Gasteiger partial charge in [-0.2, -0.15) is 0 Å². The van der Waals surface area contributed by atoms with Gasteiger partial charge in [0.2, 0.25) is 0 Å². The maximum Gasteiger partial charge on any atom is 0.270 e. The Morgan fingerprint density at radius 3 is 2.14 bits per heavy atom. The van der Waals surface area contributed by atoms with E-state index in [1.54, 1.807) is 0 Å². The molecule has 36 heavy (non-hydrogen) atoms. The summed E-state index contributed by atoms with van der Waals surface area (Å²) in [6.07, 6.45) is -7.61. The lowest BCUT2D eigenvalue weighted by Gasteiger charge is -2.46. The van der Waals surface area contributed by atoms with Gasteiger partial charge in [-0.1, -0.05) is 31.8 Å². The van der Waals surface area contributed by atoms with Gasteiger partial charge in [0.25, 0.3) is 7.82 Å². The summed E-state index contributed by atoms with van der Waals surface area (Å²) >= 11 is 0. The Kier molecular flexibility index (Phi) is 13.4. The van der Waals surface area contributed by atoms with E-state index in [0.717, 1.165) is 38.5 Å². The quantitative estimate of drug-likeness (QED) is 0.0838. The number of unbranched alkanes of at least 4 members (excludes halogenated alkanes) is 6. The Hall–Kier alpha value is -0.510. The zero-order valence-corrected chi connectivity index (χ0v) is 21.3. The number of hydrogen-bond donors (Lipinski definition) is 6. The van der Waals surface area contributed by atoms with Crippen LogP contribution in [0.2, 0.25) is 0 Å². The van der Waals surface area contributed by atoms with Crippen molar-refractivity contribution in [3.05, 3.63) is 12.7 Å². The summed E-state index contributed by atoms with van der Waals surface area (Å²) in [6, 6.07) is 0. The minimum atomic E-state index is -4.93. The summed E-state index contributed by atoms with van der Waals surface area (Å²) in [6.45, 7) is 4.18. The molecule has 13 nitrogen and oxygen atoms in total. The topological polar surface area (TPSA) is 208 Å². The van der Waals surface area contributed by atoms with Crippen LogP contribution in [-0.4, -0.2) is 105 Å². The first-order valence-corrected chi connectivity index (χ1v) is 13.7. The zero-order valence-electron chi connectivity index (χ0n) is 20.4. The fourth-order valence-electron chi connectivity index (χ4n) is 4.02. The molecule has 0 amide bonds. The van der Waals surface area contributed by atoms with Crippen molar-refractivity contribution in [1.82, 2.24) is 0 Å². The van der Waals surface area contributed by atoms with E-state index in [1.807, 2.05) is 6.08 Å². The molecule has 0 aliphatic carbocycles. The number of hydrogen-bond acceptors (Lipinski definition) is 13. The molecule has 2 heterocycles. The van der Waals surface area contributed by atoms with Gasteiger partial charge in [-0.25, -0.2) is 0 Å². The highest BCUT2D eigenvalue weighted by Gasteiger charge is 2.50. The van der Waals surface area contributed by atoms with Gasteiger partial charge in [0.15, 0.2) is 12.6 Å². The molecular weight excluding hydrogens is 503 g/mol.